The fraction of sp³-hybridized carbons (Fsp3) is 0.0588. The maximum Gasteiger partial charge on any atom is 0.0714 e. The average molecular weight is 880 g/mol. The Morgan fingerprint density at radius 2 is 0.826 bits per heavy atom. The zero-order valence-electron chi connectivity index (χ0n) is 38.8. The van der Waals surface area contributed by atoms with Gasteiger partial charge in [0, 0.05) is 22.2 Å². The van der Waals surface area contributed by atoms with E-state index in [0.717, 1.165) is 22.6 Å². The third-order valence-corrected chi connectivity index (χ3v) is 15.2. The summed E-state index contributed by atoms with van der Waals surface area (Å²) in [7, 11) is 0. The molecule has 0 radical (unpaired) electrons. The first kappa shape index (κ1) is 40.7. The molecule has 0 atom stereocenters. The number of rotatable bonds is 8. The van der Waals surface area contributed by atoms with Crippen LogP contribution >= 0.6 is 0 Å². The first-order valence-electron chi connectivity index (χ1n) is 24.2. The van der Waals surface area contributed by atoms with Gasteiger partial charge in [0.15, 0.2) is 0 Å². The molecule has 0 fully saturated rings. The third-order valence-electron chi connectivity index (χ3n) is 15.2. The van der Waals surface area contributed by atoms with Crippen molar-refractivity contribution >= 4 is 27.8 Å². The second-order valence-corrected chi connectivity index (χ2v) is 19.1. The predicted molar refractivity (Wildman–Crippen MR) is 290 cm³/mol. The highest BCUT2D eigenvalue weighted by molar-refractivity contribution is 6.11. The van der Waals surface area contributed by atoms with E-state index in [9.17, 15) is 0 Å². The van der Waals surface area contributed by atoms with Crippen LogP contribution in [0.25, 0.3) is 66.4 Å². The fourth-order valence-electron chi connectivity index (χ4n) is 12.2. The van der Waals surface area contributed by atoms with Crippen molar-refractivity contribution in [1.29, 1.82) is 0 Å². The summed E-state index contributed by atoms with van der Waals surface area (Å²) in [5.41, 5.74) is 22.6. The summed E-state index contributed by atoms with van der Waals surface area (Å²) in [6, 6.07) is 97.1. The Kier molecular flexibility index (Phi) is 9.49. The van der Waals surface area contributed by atoms with E-state index in [1.54, 1.807) is 0 Å². The van der Waals surface area contributed by atoms with Gasteiger partial charge in [-0.3, -0.25) is 0 Å². The van der Waals surface area contributed by atoms with Crippen molar-refractivity contribution in [2.24, 2.45) is 0 Å². The van der Waals surface area contributed by atoms with E-state index in [1.807, 2.05) is 0 Å². The highest BCUT2D eigenvalue weighted by Gasteiger charge is 2.46. The van der Waals surface area contributed by atoms with Gasteiger partial charge in [0.05, 0.1) is 16.8 Å². The molecule has 0 amide bonds. The van der Waals surface area contributed by atoms with Crippen molar-refractivity contribution in [2.45, 2.75) is 24.7 Å². The molecule has 0 spiro atoms. The lowest BCUT2D eigenvalue weighted by atomic mass is 9.67. The summed E-state index contributed by atoms with van der Waals surface area (Å²) < 4.78 is 0. The van der Waals surface area contributed by atoms with E-state index in [4.69, 9.17) is 0 Å². The lowest BCUT2D eigenvalue weighted by Crippen LogP contribution is -2.28. The summed E-state index contributed by atoms with van der Waals surface area (Å²) in [6.45, 7) is 4.76. The molecule has 0 saturated carbocycles. The molecule has 0 aliphatic heterocycles. The van der Waals surface area contributed by atoms with Crippen molar-refractivity contribution in [3.05, 3.63) is 294 Å². The van der Waals surface area contributed by atoms with Gasteiger partial charge in [0.2, 0.25) is 0 Å². The molecule has 326 valence electrons. The van der Waals surface area contributed by atoms with Crippen molar-refractivity contribution in [3.63, 3.8) is 0 Å². The topological polar surface area (TPSA) is 3.24 Å². The largest absolute Gasteiger partial charge is 0.309 e. The highest BCUT2D eigenvalue weighted by Crippen LogP contribution is 2.59. The Balaban J connectivity index is 1.18. The van der Waals surface area contributed by atoms with Crippen LogP contribution in [-0.2, 0) is 10.8 Å². The van der Waals surface area contributed by atoms with Gasteiger partial charge >= 0.3 is 0 Å². The molecule has 2 aliphatic carbocycles. The minimum absolute atomic E-state index is 0.163. The molecule has 0 N–H and O–H groups in total. The second kappa shape index (κ2) is 16.1. The normalized spacial score (nSPS) is 13.6. The zero-order chi connectivity index (χ0) is 46.1. The summed E-state index contributed by atoms with van der Waals surface area (Å²) in [5, 5.41) is 2.42. The number of anilines is 3. The summed E-state index contributed by atoms with van der Waals surface area (Å²) in [4.78, 5) is 2.59. The molecule has 1 nitrogen and oxygen atoms in total. The average Bonchev–Trinajstić information content (AvgIpc) is 3.85. The first-order chi connectivity index (χ1) is 34.0. The molecule has 1 heteroatoms. The van der Waals surface area contributed by atoms with Crippen LogP contribution in [0.1, 0.15) is 47.2 Å². The summed E-state index contributed by atoms with van der Waals surface area (Å²) >= 11 is 0. The van der Waals surface area contributed by atoms with Crippen molar-refractivity contribution < 1.29 is 0 Å². The van der Waals surface area contributed by atoms with Gasteiger partial charge in [-0.2, -0.15) is 0 Å². The van der Waals surface area contributed by atoms with Crippen LogP contribution in [0.3, 0.4) is 0 Å². The predicted octanol–water partition coefficient (Wildman–Crippen LogP) is 18.0. The van der Waals surface area contributed by atoms with Crippen LogP contribution in [0.15, 0.2) is 261 Å². The molecular weight excluding hydrogens is 831 g/mol. The number of hydrogen-bond donors (Lipinski definition) is 0. The fourth-order valence-corrected chi connectivity index (χ4v) is 12.2. The van der Waals surface area contributed by atoms with Crippen molar-refractivity contribution in [3.8, 4) is 55.6 Å². The Hall–Kier alpha value is -8.52. The van der Waals surface area contributed by atoms with Gasteiger partial charge in [0.25, 0.3) is 0 Å². The minimum atomic E-state index is -0.577. The Bertz CT molecular complexity index is 3700. The van der Waals surface area contributed by atoms with Crippen LogP contribution in [0.5, 0.6) is 0 Å². The Labute approximate surface area is 405 Å². The van der Waals surface area contributed by atoms with Crippen LogP contribution in [0.2, 0.25) is 0 Å². The zero-order valence-corrected chi connectivity index (χ0v) is 38.8. The van der Waals surface area contributed by atoms with Crippen LogP contribution in [-0.4, -0.2) is 0 Å². The standard InChI is InChI=1S/C68H49N/c1-67(2)58-37-19-18-34-56(58)65-57(36-21-39-60(65)67)66-53-32-16-15-25-47(53)41-44-63(66)69(62-40-22-35-52(46-23-7-3-8-24-46)64(62)48-26-9-4-10-27-48)51-42-43-55-54-33-17-20-38-59(54)68(61(55)45-51,49-28-11-5-12-29-49)50-30-13-6-14-31-50/h3-45H,1-2H3. The molecule has 0 heterocycles. The van der Waals surface area contributed by atoms with E-state index in [1.165, 1.54) is 94.2 Å². The number of nitrogens with zero attached hydrogens (tertiary/aromatic N) is 1. The molecule has 0 unspecified atom stereocenters. The number of benzene rings is 11. The van der Waals surface area contributed by atoms with Gasteiger partial charge in [-0.25, -0.2) is 0 Å². The highest BCUT2D eigenvalue weighted by atomic mass is 15.1. The maximum absolute atomic E-state index is 2.59. The minimum Gasteiger partial charge on any atom is -0.309 e. The first-order valence-corrected chi connectivity index (χ1v) is 24.2. The lowest BCUT2D eigenvalue weighted by Gasteiger charge is -2.36. The molecule has 11 aromatic rings. The molecule has 11 aromatic carbocycles. The molecule has 13 rings (SSSR count). The van der Waals surface area contributed by atoms with E-state index < -0.39 is 5.41 Å². The maximum atomic E-state index is 2.59. The monoisotopic (exact) mass is 879 g/mol. The smallest absolute Gasteiger partial charge is 0.0714 e. The SMILES string of the molecule is CC1(C)c2ccccc2-c2c(-c3c(N(c4ccc5c(c4)C(c4ccccc4)(c4ccccc4)c4ccccc4-5)c4cccc(-c5ccccc5)c4-c4ccccc4)ccc4ccccc34)cccc21. The van der Waals surface area contributed by atoms with Gasteiger partial charge < -0.3 is 4.90 Å². The lowest BCUT2D eigenvalue weighted by molar-refractivity contribution is 0.660. The summed E-state index contributed by atoms with van der Waals surface area (Å²) in [5.74, 6) is 0. The van der Waals surface area contributed by atoms with E-state index in [-0.39, 0.29) is 5.41 Å². The Morgan fingerprint density at radius 1 is 0.304 bits per heavy atom. The van der Waals surface area contributed by atoms with E-state index >= 15 is 0 Å². The van der Waals surface area contributed by atoms with Gasteiger partial charge in [-0.05, 0) is 113 Å². The van der Waals surface area contributed by atoms with Crippen LogP contribution in [0.4, 0.5) is 17.1 Å². The van der Waals surface area contributed by atoms with Crippen LogP contribution in [0, 0.1) is 0 Å². The molecule has 0 saturated heterocycles. The molecular formula is C68H49N. The Morgan fingerprint density at radius 3 is 1.55 bits per heavy atom. The quantitative estimate of drug-likeness (QED) is 0.147. The molecule has 69 heavy (non-hydrogen) atoms. The van der Waals surface area contributed by atoms with Crippen molar-refractivity contribution in [2.75, 3.05) is 4.90 Å². The molecule has 0 aromatic heterocycles. The summed E-state index contributed by atoms with van der Waals surface area (Å²) in [6.07, 6.45) is 0. The number of hydrogen-bond acceptors (Lipinski definition) is 1. The van der Waals surface area contributed by atoms with E-state index in [0.29, 0.717) is 0 Å². The van der Waals surface area contributed by atoms with E-state index in [2.05, 4.69) is 280 Å². The van der Waals surface area contributed by atoms with Gasteiger partial charge in [0.1, 0.15) is 0 Å². The van der Waals surface area contributed by atoms with Crippen molar-refractivity contribution in [1.82, 2.24) is 0 Å². The molecule has 2 aliphatic rings. The second-order valence-electron chi connectivity index (χ2n) is 19.1. The third kappa shape index (κ3) is 6.17. The number of fused-ring (bicyclic) bond motifs is 7. The van der Waals surface area contributed by atoms with Gasteiger partial charge in [-0.1, -0.05) is 250 Å². The van der Waals surface area contributed by atoms with Gasteiger partial charge in [-0.15, -0.1) is 0 Å². The van der Waals surface area contributed by atoms with Crippen LogP contribution < -0.4 is 4.90 Å². The molecule has 0 bridgehead atoms.